The fourth-order valence-corrected chi connectivity index (χ4v) is 2.06. The zero-order chi connectivity index (χ0) is 17.7. The van der Waals surface area contributed by atoms with Crippen molar-refractivity contribution < 1.29 is 28.0 Å². The van der Waals surface area contributed by atoms with E-state index in [-0.39, 0.29) is 5.56 Å². The number of alkyl halides is 3. The van der Waals surface area contributed by atoms with E-state index in [0.29, 0.717) is 11.6 Å². The number of hydrogen-bond donors (Lipinski definition) is 3. The van der Waals surface area contributed by atoms with Crippen LogP contribution in [0, 0.1) is 0 Å². The van der Waals surface area contributed by atoms with Gasteiger partial charge in [-0.25, -0.2) is 5.48 Å². The van der Waals surface area contributed by atoms with Gasteiger partial charge in [0.15, 0.2) is 0 Å². The Hall–Kier alpha value is -2.87. The van der Waals surface area contributed by atoms with Crippen molar-refractivity contribution in [2.24, 2.45) is 0 Å². The zero-order valence-electron chi connectivity index (χ0n) is 12.2. The summed E-state index contributed by atoms with van der Waals surface area (Å²) in [7, 11) is 0. The molecular formula is C16H13F3N2O3. The maximum atomic E-state index is 12.7. The molecule has 0 spiro atoms. The lowest BCUT2D eigenvalue weighted by molar-refractivity contribution is -0.137. The first-order valence-electron chi connectivity index (χ1n) is 6.80. The molecule has 0 radical (unpaired) electrons. The second kappa shape index (κ2) is 7.14. The number of halogens is 3. The largest absolute Gasteiger partial charge is 0.416 e. The number of benzene rings is 2. The highest BCUT2D eigenvalue weighted by atomic mass is 19.4. The Labute approximate surface area is 135 Å². The third kappa shape index (κ3) is 4.11. The molecule has 2 amide bonds. The van der Waals surface area contributed by atoms with Gasteiger partial charge in [-0.05, 0) is 23.8 Å². The molecule has 0 aliphatic carbocycles. The molecule has 0 heterocycles. The number of hydrogen-bond acceptors (Lipinski definition) is 3. The highest BCUT2D eigenvalue weighted by Crippen LogP contribution is 2.29. The van der Waals surface area contributed by atoms with Crippen LogP contribution < -0.4 is 10.8 Å². The molecule has 0 fully saturated rings. The highest BCUT2D eigenvalue weighted by Gasteiger charge is 2.31. The average Bonchev–Trinajstić information content (AvgIpc) is 2.59. The number of rotatable bonds is 4. The quantitative estimate of drug-likeness (QED) is 0.592. The van der Waals surface area contributed by atoms with Crippen LogP contribution in [0.4, 0.5) is 13.2 Å². The van der Waals surface area contributed by atoms with Crippen LogP contribution in [0.3, 0.4) is 0 Å². The summed E-state index contributed by atoms with van der Waals surface area (Å²) in [6.45, 7) is 0. The van der Waals surface area contributed by atoms with Gasteiger partial charge >= 0.3 is 6.18 Å². The van der Waals surface area contributed by atoms with Gasteiger partial charge in [0.1, 0.15) is 6.04 Å². The lowest BCUT2D eigenvalue weighted by Gasteiger charge is -2.17. The average molecular weight is 338 g/mol. The smallest absolute Gasteiger partial charge is 0.336 e. The Balaban J connectivity index is 2.27. The molecule has 0 aromatic heterocycles. The predicted molar refractivity (Wildman–Crippen MR) is 78.0 cm³/mol. The second-order valence-corrected chi connectivity index (χ2v) is 4.87. The molecule has 0 saturated heterocycles. The lowest BCUT2D eigenvalue weighted by Crippen LogP contribution is -2.39. The number of amides is 2. The van der Waals surface area contributed by atoms with Gasteiger partial charge in [-0.3, -0.25) is 14.8 Å². The summed E-state index contributed by atoms with van der Waals surface area (Å²) in [6, 6.07) is 10.6. The molecule has 126 valence electrons. The van der Waals surface area contributed by atoms with Crippen LogP contribution in [0.25, 0.3) is 0 Å². The summed E-state index contributed by atoms with van der Waals surface area (Å²) in [4.78, 5) is 23.9. The van der Waals surface area contributed by atoms with E-state index in [1.54, 1.807) is 18.2 Å². The number of nitrogens with one attached hydrogen (secondary N) is 2. The molecule has 2 aromatic carbocycles. The van der Waals surface area contributed by atoms with Crippen LogP contribution in [0.5, 0.6) is 0 Å². The molecular weight excluding hydrogens is 325 g/mol. The van der Waals surface area contributed by atoms with Gasteiger partial charge in [0.2, 0.25) is 0 Å². The molecule has 0 aliphatic rings. The molecule has 5 nitrogen and oxygen atoms in total. The van der Waals surface area contributed by atoms with Crippen molar-refractivity contribution in [1.82, 2.24) is 10.8 Å². The van der Waals surface area contributed by atoms with E-state index in [1.807, 2.05) is 0 Å². The molecule has 2 rings (SSSR count). The summed E-state index contributed by atoms with van der Waals surface area (Å²) in [6.07, 6.45) is -4.59. The Morgan fingerprint density at radius 2 is 1.67 bits per heavy atom. The van der Waals surface area contributed by atoms with Crippen molar-refractivity contribution in [3.8, 4) is 0 Å². The van der Waals surface area contributed by atoms with Crippen molar-refractivity contribution in [2.75, 3.05) is 0 Å². The van der Waals surface area contributed by atoms with Crippen molar-refractivity contribution in [3.63, 3.8) is 0 Å². The molecule has 24 heavy (non-hydrogen) atoms. The van der Waals surface area contributed by atoms with Gasteiger partial charge in [-0.2, -0.15) is 13.2 Å². The summed E-state index contributed by atoms with van der Waals surface area (Å²) >= 11 is 0. The molecule has 1 unspecified atom stereocenters. The summed E-state index contributed by atoms with van der Waals surface area (Å²) in [5.74, 6) is -1.79. The zero-order valence-corrected chi connectivity index (χ0v) is 12.2. The van der Waals surface area contributed by atoms with E-state index < -0.39 is 29.6 Å². The third-order valence-electron chi connectivity index (χ3n) is 3.23. The SMILES string of the molecule is O=C(NC(C(=O)NO)c1ccccc1)c1cccc(C(F)(F)F)c1. The number of carbonyl (C=O) groups is 2. The predicted octanol–water partition coefficient (Wildman–Crippen LogP) is 2.68. The number of carbonyl (C=O) groups excluding carboxylic acids is 2. The van der Waals surface area contributed by atoms with Crippen LogP contribution in [0.1, 0.15) is 27.5 Å². The minimum absolute atomic E-state index is 0.253. The Morgan fingerprint density at radius 1 is 1.00 bits per heavy atom. The van der Waals surface area contributed by atoms with E-state index >= 15 is 0 Å². The van der Waals surface area contributed by atoms with Crippen molar-refractivity contribution in [2.45, 2.75) is 12.2 Å². The first-order valence-corrected chi connectivity index (χ1v) is 6.80. The van der Waals surface area contributed by atoms with Crippen LogP contribution in [0.15, 0.2) is 54.6 Å². The molecule has 3 N–H and O–H groups in total. The molecule has 2 aromatic rings. The fourth-order valence-electron chi connectivity index (χ4n) is 2.06. The summed E-state index contributed by atoms with van der Waals surface area (Å²) < 4.78 is 38.1. The van der Waals surface area contributed by atoms with Crippen molar-refractivity contribution in [3.05, 3.63) is 71.3 Å². The standard InChI is InChI=1S/C16H13F3N2O3/c17-16(18,19)12-8-4-7-11(9-12)14(22)20-13(15(23)21-24)10-5-2-1-3-6-10/h1-9,13,24H,(H,20,22)(H,21,23). The van der Waals surface area contributed by atoms with Crippen molar-refractivity contribution in [1.29, 1.82) is 0 Å². The Morgan fingerprint density at radius 3 is 2.25 bits per heavy atom. The van der Waals surface area contributed by atoms with Crippen LogP contribution in [-0.2, 0) is 11.0 Å². The van der Waals surface area contributed by atoms with E-state index in [9.17, 15) is 22.8 Å². The highest BCUT2D eigenvalue weighted by molar-refractivity contribution is 5.97. The van der Waals surface area contributed by atoms with Gasteiger partial charge in [0, 0.05) is 5.56 Å². The Bertz CT molecular complexity index is 733. The molecule has 1 atom stereocenters. The molecule has 0 aliphatic heterocycles. The van der Waals surface area contributed by atoms with Gasteiger partial charge in [0.25, 0.3) is 11.8 Å². The fraction of sp³-hybridized carbons (Fsp3) is 0.125. The maximum absolute atomic E-state index is 12.7. The maximum Gasteiger partial charge on any atom is 0.416 e. The first-order chi connectivity index (χ1) is 11.3. The van der Waals surface area contributed by atoms with Gasteiger partial charge < -0.3 is 5.32 Å². The Kier molecular flexibility index (Phi) is 5.20. The monoisotopic (exact) mass is 338 g/mol. The molecule has 0 saturated carbocycles. The van der Waals surface area contributed by atoms with E-state index in [4.69, 9.17) is 5.21 Å². The van der Waals surface area contributed by atoms with E-state index in [1.165, 1.54) is 23.7 Å². The van der Waals surface area contributed by atoms with Crippen molar-refractivity contribution >= 4 is 11.8 Å². The normalized spacial score (nSPS) is 12.3. The molecule has 0 bridgehead atoms. The lowest BCUT2D eigenvalue weighted by atomic mass is 10.0. The number of hydroxylamine groups is 1. The minimum Gasteiger partial charge on any atom is -0.336 e. The van der Waals surface area contributed by atoms with Crippen LogP contribution >= 0.6 is 0 Å². The minimum atomic E-state index is -4.59. The summed E-state index contributed by atoms with van der Waals surface area (Å²) in [5, 5.41) is 11.1. The van der Waals surface area contributed by atoms with Crippen LogP contribution in [-0.4, -0.2) is 17.0 Å². The van der Waals surface area contributed by atoms with E-state index in [2.05, 4.69) is 5.32 Å². The second-order valence-electron chi connectivity index (χ2n) is 4.87. The van der Waals surface area contributed by atoms with E-state index in [0.717, 1.165) is 12.1 Å². The van der Waals surface area contributed by atoms with Gasteiger partial charge in [0.05, 0.1) is 5.56 Å². The first kappa shape index (κ1) is 17.5. The van der Waals surface area contributed by atoms with Gasteiger partial charge in [-0.1, -0.05) is 36.4 Å². The third-order valence-corrected chi connectivity index (χ3v) is 3.23. The summed E-state index contributed by atoms with van der Waals surface area (Å²) in [5.41, 5.74) is 0.560. The van der Waals surface area contributed by atoms with Gasteiger partial charge in [-0.15, -0.1) is 0 Å². The molecule has 8 heteroatoms. The van der Waals surface area contributed by atoms with Crippen LogP contribution in [0.2, 0.25) is 0 Å². The topological polar surface area (TPSA) is 78.4 Å².